The van der Waals surface area contributed by atoms with Crippen LogP contribution in [0, 0.1) is 5.92 Å². The number of rotatable bonds is 1. The summed E-state index contributed by atoms with van der Waals surface area (Å²) in [6.07, 6.45) is 2.73. The van der Waals surface area contributed by atoms with Gasteiger partial charge in [0.05, 0.1) is 0 Å². The molecule has 0 heterocycles. The van der Waals surface area contributed by atoms with Crippen LogP contribution in [0.1, 0.15) is 19.8 Å². The van der Waals surface area contributed by atoms with Gasteiger partial charge in [0.25, 0.3) is 0 Å². The topological polar surface area (TPSA) is 37.3 Å². The van der Waals surface area contributed by atoms with E-state index in [-0.39, 0.29) is 17.5 Å². The van der Waals surface area contributed by atoms with Crippen molar-refractivity contribution in [3.63, 3.8) is 0 Å². The van der Waals surface area contributed by atoms with Crippen LogP contribution in [0.3, 0.4) is 0 Å². The van der Waals surface area contributed by atoms with E-state index in [2.05, 4.69) is 6.58 Å². The molecule has 2 nitrogen and oxygen atoms in total. The Labute approximate surface area is 66.2 Å². The van der Waals surface area contributed by atoms with E-state index in [9.17, 15) is 4.79 Å². The number of allylic oxidation sites excluding steroid dienone is 3. The summed E-state index contributed by atoms with van der Waals surface area (Å²) in [5.41, 5.74) is 1.02. The van der Waals surface area contributed by atoms with Crippen LogP contribution in [0.15, 0.2) is 24.0 Å². The molecule has 0 fully saturated rings. The Morgan fingerprint density at radius 1 is 1.82 bits per heavy atom. The molecule has 0 saturated heterocycles. The van der Waals surface area contributed by atoms with Crippen molar-refractivity contribution in [3.05, 3.63) is 24.0 Å². The zero-order valence-electron chi connectivity index (χ0n) is 6.63. The lowest BCUT2D eigenvalue weighted by atomic mass is 9.88. The number of carbonyl (C=O) groups excluding carboxylic acids is 1. The van der Waals surface area contributed by atoms with Gasteiger partial charge in [0.2, 0.25) is 0 Å². The maximum absolute atomic E-state index is 10.9. The summed E-state index contributed by atoms with van der Waals surface area (Å²) < 4.78 is 0. The van der Waals surface area contributed by atoms with Gasteiger partial charge >= 0.3 is 0 Å². The smallest absolute Gasteiger partial charge is 0.197 e. The number of aliphatic hydroxyl groups is 1. The van der Waals surface area contributed by atoms with Crippen LogP contribution in [0.25, 0.3) is 0 Å². The molecule has 0 aromatic carbocycles. The first kappa shape index (κ1) is 8.05. The minimum absolute atomic E-state index is 0.0810. The maximum Gasteiger partial charge on any atom is 0.197 e. The first-order valence-electron chi connectivity index (χ1n) is 3.69. The van der Waals surface area contributed by atoms with Crippen molar-refractivity contribution in [1.82, 2.24) is 0 Å². The third kappa shape index (κ3) is 1.70. The van der Waals surface area contributed by atoms with Gasteiger partial charge in [-0.1, -0.05) is 12.2 Å². The first-order valence-corrected chi connectivity index (χ1v) is 3.69. The zero-order valence-corrected chi connectivity index (χ0v) is 6.63. The minimum Gasteiger partial charge on any atom is -0.505 e. The molecule has 0 aliphatic heterocycles. The van der Waals surface area contributed by atoms with E-state index >= 15 is 0 Å². The monoisotopic (exact) mass is 152 g/mol. The molecule has 1 rings (SSSR count). The molecule has 1 atom stereocenters. The highest BCUT2D eigenvalue weighted by Crippen LogP contribution is 2.24. The van der Waals surface area contributed by atoms with E-state index in [0.717, 1.165) is 12.0 Å². The van der Waals surface area contributed by atoms with Gasteiger partial charge in [-0.2, -0.15) is 0 Å². The van der Waals surface area contributed by atoms with Crippen molar-refractivity contribution in [2.75, 3.05) is 0 Å². The van der Waals surface area contributed by atoms with Gasteiger partial charge in [0.1, 0.15) is 0 Å². The quantitative estimate of drug-likeness (QED) is 0.583. The Balaban J connectivity index is 2.70. The van der Waals surface area contributed by atoms with Crippen LogP contribution in [-0.2, 0) is 4.79 Å². The van der Waals surface area contributed by atoms with E-state index in [1.807, 2.05) is 6.92 Å². The van der Waals surface area contributed by atoms with E-state index in [1.54, 1.807) is 6.08 Å². The van der Waals surface area contributed by atoms with Crippen molar-refractivity contribution in [3.8, 4) is 0 Å². The van der Waals surface area contributed by atoms with Gasteiger partial charge in [0.15, 0.2) is 11.5 Å². The van der Waals surface area contributed by atoms with Crippen LogP contribution < -0.4 is 0 Å². The Morgan fingerprint density at radius 2 is 2.45 bits per heavy atom. The molecule has 0 radical (unpaired) electrons. The summed E-state index contributed by atoms with van der Waals surface area (Å²) in [7, 11) is 0. The normalized spacial score (nSPS) is 24.6. The number of Topliss-reactive ketones (excluding diaryl/α,β-unsaturated/α-hetero) is 1. The van der Waals surface area contributed by atoms with Crippen LogP contribution in [-0.4, -0.2) is 10.9 Å². The Morgan fingerprint density at radius 3 is 2.91 bits per heavy atom. The molecular weight excluding hydrogens is 140 g/mol. The minimum atomic E-state index is -0.163. The van der Waals surface area contributed by atoms with Crippen molar-refractivity contribution in [2.24, 2.45) is 5.92 Å². The molecule has 0 aromatic rings. The number of carbonyl (C=O) groups is 1. The van der Waals surface area contributed by atoms with Crippen molar-refractivity contribution in [2.45, 2.75) is 19.8 Å². The van der Waals surface area contributed by atoms with Gasteiger partial charge in [0, 0.05) is 6.42 Å². The number of ketones is 1. The second kappa shape index (κ2) is 2.91. The molecule has 0 aromatic heterocycles. The lowest BCUT2D eigenvalue weighted by molar-refractivity contribution is -0.119. The molecular formula is C9H12O2. The van der Waals surface area contributed by atoms with E-state index in [0.29, 0.717) is 6.42 Å². The molecule has 11 heavy (non-hydrogen) atoms. The molecule has 0 bridgehead atoms. The fourth-order valence-electron chi connectivity index (χ4n) is 1.15. The molecule has 2 heteroatoms. The Hall–Kier alpha value is -1.05. The highest BCUT2D eigenvalue weighted by molar-refractivity contribution is 5.94. The largest absolute Gasteiger partial charge is 0.505 e. The average molecular weight is 152 g/mol. The molecule has 60 valence electrons. The predicted octanol–water partition coefficient (Wildman–Crippen LogP) is 1.98. The lowest BCUT2D eigenvalue weighted by Crippen LogP contribution is -2.15. The average Bonchev–Trinajstić information content (AvgIpc) is 1.94. The van der Waals surface area contributed by atoms with Crippen molar-refractivity contribution >= 4 is 5.78 Å². The molecule has 0 spiro atoms. The molecule has 1 N–H and O–H groups in total. The maximum atomic E-state index is 10.9. The summed E-state index contributed by atoms with van der Waals surface area (Å²) in [4.78, 5) is 10.9. The summed E-state index contributed by atoms with van der Waals surface area (Å²) in [6, 6.07) is 0. The first-order chi connectivity index (χ1) is 5.11. The third-order valence-corrected chi connectivity index (χ3v) is 2.01. The standard InChI is InChI=1S/C9H12O2/c1-6(2)7-3-4-8(10)9(11)5-7/h4,7,10H,1,3,5H2,2H3/t7-/m1/s1. The van der Waals surface area contributed by atoms with Gasteiger partial charge in [-0.05, 0) is 25.3 Å². The highest BCUT2D eigenvalue weighted by atomic mass is 16.3. The van der Waals surface area contributed by atoms with Crippen molar-refractivity contribution < 1.29 is 9.90 Å². The van der Waals surface area contributed by atoms with E-state index in [1.165, 1.54) is 0 Å². The van der Waals surface area contributed by atoms with Crippen LogP contribution in [0.5, 0.6) is 0 Å². The van der Waals surface area contributed by atoms with Gasteiger partial charge in [-0.15, -0.1) is 0 Å². The van der Waals surface area contributed by atoms with Gasteiger partial charge in [-0.25, -0.2) is 0 Å². The van der Waals surface area contributed by atoms with Crippen LogP contribution >= 0.6 is 0 Å². The summed E-state index contributed by atoms with van der Waals surface area (Å²) in [6.45, 7) is 5.69. The molecule has 1 aliphatic rings. The second-order valence-electron chi connectivity index (χ2n) is 3.00. The third-order valence-electron chi connectivity index (χ3n) is 2.01. The van der Waals surface area contributed by atoms with E-state index in [4.69, 9.17) is 5.11 Å². The summed E-state index contributed by atoms with van der Waals surface area (Å²) in [5.74, 6) is -0.00912. The summed E-state index contributed by atoms with van der Waals surface area (Å²) >= 11 is 0. The summed E-state index contributed by atoms with van der Waals surface area (Å²) in [5, 5.41) is 8.96. The van der Waals surface area contributed by atoms with Crippen molar-refractivity contribution in [1.29, 1.82) is 0 Å². The Bertz CT molecular complexity index is 226. The fraction of sp³-hybridized carbons (Fsp3) is 0.444. The SMILES string of the molecule is C=C(C)[C@@H]1CC=C(O)C(=O)C1. The molecule has 0 amide bonds. The van der Waals surface area contributed by atoms with Crippen LogP contribution in [0.4, 0.5) is 0 Å². The highest BCUT2D eigenvalue weighted by Gasteiger charge is 2.21. The molecule has 1 aliphatic carbocycles. The molecule has 0 unspecified atom stereocenters. The predicted molar refractivity (Wildman–Crippen MR) is 43.3 cm³/mol. The van der Waals surface area contributed by atoms with Gasteiger partial charge < -0.3 is 5.11 Å². The number of aliphatic hydroxyl groups excluding tert-OH is 1. The lowest BCUT2D eigenvalue weighted by Gasteiger charge is -2.17. The zero-order chi connectivity index (χ0) is 8.43. The van der Waals surface area contributed by atoms with E-state index < -0.39 is 0 Å². The molecule has 0 saturated carbocycles. The number of hydrogen-bond acceptors (Lipinski definition) is 2. The second-order valence-corrected chi connectivity index (χ2v) is 3.00. The van der Waals surface area contributed by atoms with Gasteiger partial charge in [-0.3, -0.25) is 4.79 Å². The number of hydrogen-bond donors (Lipinski definition) is 1. The fourth-order valence-corrected chi connectivity index (χ4v) is 1.15. The Kier molecular flexibility index (Phi) is 2.13. The van der Waals surface area contributed by atoms with Crippen LogP contribution in [0.2, 0.25) is 0 Å².